The van der Waals surface area contributed by atoms with Gasteiger partial charge in [0.25, 0.3) is 5.56 Å². The van der Waals surface area contributed by atoms with Crippen LogP contribution in [0.25, 0.3) is 0 Å². The molecule has 16 heavy (non-hydrogen) atoms. The number of H-pyrrole nitrogens is 1. The van der Waals surface area contributed by atoms with Gasteiger partial charge in [0.2, 0.25) is 5.95 Å². The molecule has 4 nitrogen and oxygen atoms in total. The number of aromatic nitrogens is 2. The Hall–Kier alpha value is -1.32. The van der Waals surface area contributed by atoms with Gasteiger partial charge in [-0.25, -0.2) is 4.98 Å². The topological polar surface area (TPSA) is 57.8 Å². The summed E-state index contributed by atoms with van der Waals surface area (Å²) in [6, 6.07) is 0. The first-order chi connectivity index (χ1) is 7.66. The van der Waals surface area contributed by atoms with Crippen molar-refractivity contribution in [2.45, 2.75) is 39.5 Å². The van der Waals surface area contributed by atoms with Crippen LogP contribution in [0.5, 0.6) is 0 Å². The van der Waals surface area contributed by atoms with E-state index in [1.807, 2.05) is 0 Å². The van der Waals surface area contributed by atoms with Crippen molar-refractivity contribution in [2.75, 3.05) is 11.9 Å². The average molecular weight is 221 g/mol. The first-order valence-corrected chi connectivity index (χ1v) is 6.02. The molecule has 4 heteroatoms. The van der Waals surface area contributed by atoms with E-state index in [2.05, 4.69) is 29.1 Å². The molecule has 2 N–H and O–H groups in total. The van der Waals surface area contributed by atoms with Crippen LogP contribution in [0.4, 0.5) is 5.95 Å². The molecule has 0 bridgehead atoms. The Kier molecular flexibility index (Phi) is 3.27. The first kappa shape index (κ1) is 11.2. The van der Waals surface area contributed by atoms with Crippen LogP contribution in [-0.4, -0.2) is 16.5 Å². The van der Waals surface area contributed by atoms with Gasteiger partial charge in [-0.3, -0.25) is 9.78 Å². The minimum Gasteiger partial charge on any atom is -0.355 e. The van der Waals surface area contributed by atoms with Crippen molar-refractivity contribution in [3.63, 3.8) is 0 Å². The van der Waals surface area contributed by atoms with E-state index in [0.717, 1.165) is 43.5 Å². The van der Waals surface area contributed by atoms with Crippen molar-refractivity contribution < 1.29 is 0 Å². The standard InChI is InChI=1S/C12H19N3O/c1-8(2)7-13-12-14-10-6-4-3-5-9(10)11(16)15-12/h8H,3-7H2,1-2H3,(H2,13,14,15,16). The maximum absolute atomic E-state index is 11.8. The summed E-state index contributed by atoms with van der Waals surface area (Å²) in [6.45, 7) is 5.09. The molecule has 2 rings (SSSR count). The largest absolute Gasteiger partial charge is 0.355 e. The molecule has 0 radical (unpaired) electrons. The van der Waals surface area contributed by atoms with Gasteiger partial charge in [-0.1, -0.05) is 13.8 Å². The van der Waals surface area contributed by atoms with Crippen molar-refractivity contribution >= 4 is 5.95 Å². The van der Waals surface area contributed by atoms with Gasteiger partial charge in [0.1, 0.15) is 0 Å². The fraction of sp³-hybridized carbons (Fsp3) is 0.667. The van der Waals surface area contributed by atoms with E-state index >= 15 is 0 Å². The van der Waals surface area contributed by atoms with Crippen LogP contribution in [0.15, 0.2) is 4.79 Å². The third-order valence-electron chi connectivity index (χ3n) is 2.87. The number of fused-ring (bicyclic) bond motifs is 1. The normalized spacial score (nSPS) is 14.9. The van der Waals surface area contributed by atoms with E-state index in [9.17, 15) is 4.79 Å². The number of hydrogen-bond donors (Lipinski definition) is 2. The van der Waals surface area contributed by atoms with Crippen molar-refractivity contribution in [2.24, 2.45) is 5.92 Å². The average Bonchev–Trinajstić information content (AvgIpc) is 2.26. The molecule has 0 atom stereocenters. The Balaban J connectivity index is 2.22. The molecule has 0 saturated heterocycles. The SMILES string of the molecule is CC(C)CNc1nc2c(c(=O)[nH]1)CCCC2. The molecule has 0 saturated carbocycles. The molecular formula is C12H19N3O. The van der Waals surface area contributed by atoms with Crippen molar-refractivity contribution in [1.29, 1.82) is 0 Å². The van der Waals surface area contributed by atoms with Gasteiger partial charge in [0, 0.05) is 12.1 Å². The predicted molar refractivity (Wildman–Crippen MR) is 64.8 cm³/mol. The second-order valence-electron chi connectivity index (χ2n) is 4.82. The molecule has 1 aromatic heterocycles. The number of nitrogens with one attached hydrogen (secondary N) is 2. The smallest absolute Gasteiger partial charge is 0.255 e. The van der Waals surface area contributed by atoms with Crippen LogP contribution in [0.2, 0.25) is 0 Å². The van der Waals surface area contributed by atoms with Gasteiger partial charge >= 0.3 is 0 Å². The van der Waals surface area contributed by atoms with E-state index in [0.29, 0.717) is 11.9 Å². The summed E-state index contributed by atoms with van der Waals surface area (Å²) in [6.07, 6.45) is 4.07. The Morgan fingerprint density at radius 3 is 2.88 bits per heavy atom. The summed E-state index contributed by atoms with van der Waals surface area (Å²) in [5.74, 6) is 1.17. The lowest BCUT2D eigenvalue weighted by Gasteiger charge is -2.15. The molecule has 0 aliphatic heterocycles. The molecule has 1 heterocycles. The van der Waals surface area contributed by atoms with Gasteiger partial charge in [-0.05, 0) is 31.6 Å². The molecule has 88 valence electrons. The van der Waals surface area contributed by atoms with Crippen molar-refractivity contribution in [1.82, 2.24) is 9.97 Å². The van der Waals surface area contributed by atoms with Crippen molar-refractivity contribution in [3.05, 3.63) is 21.6 Å². The molecule has 0 amide bonds. The number of aryl methyl sites for hydroxylation is 1. The molecule has 1 aliphatic carbocycles. The van der Waals surface area contributed by atoms with E-state index in [4.69, 9.17) is 0 Å². The molecule has 0 spiro atoms. The fourth-order valence-electron chi connectivity index (χ4n) is 1.99. The lowest BCUT2D eigenvalue weighted by Crippen LogP contribution is -2.23. The molecule has 0 unspecified atom stereocenters. The van der Waals surface area contributed by atoms with Gasteiger partial charge in [-0.15, -0.1) is 0 Å². The highest BCUT2D eigenvalue weighted by molar-refractivity contribution is 5.31. The minimum atomic E-state index is 0.0379. The molecule has 1 aromatic rings. The number of nitrogens with zero attached hydrogens (tertiary/aromatic N) is 1. The van der Waals surface area contributed by atoms with Gasteiger partial charge < -0.3 is 5.32 Å². The first-order valence-electron chi connectivity index (χ1n) is 6.02. The maximum atomic E-state index is 11.8. The lowest BCUT2D eigenvalue weighted by atomic mass is 9.97. The van der Waals surface area contributed by atoms with E-state index in [-0.39, 0.29) is 5.56 Å². The summed E-state index contributed by atoms with van der Waals surface area (Å²) in [7, 11) is 0. The highest BCUT2D eigenvalue weighted by Crippen LogP contribution is 2.16. The van der Waals surface area contributed by atoms with Crippen molar-refractivity contribution in [3.8, 4) is 0 Å². The minimum absolute atomic E-state index is 0.0379. The lowest BCUT2D eigenvalue weighted by molar-refractivity contribution is 0.651. The van der Waals surface area contributed by atoms with E-state index < -0.39 is 0 Å². The summed E-state index contributed by atoms with van der Waals surface area (Å²) < 4.78 is 0. The van der Waals surface area contributed by atoms with E-state index in [1.165, 1.54) is 0 Å². The third kappa shape index (κ3) is 2.43. The Morgan fingerprint density at radius 2 is 2.12 bits per heavy atom. The molecule has 0 fully saturated rings. The van der Waals surface area contributed by atoms with Crippen LogP contribution in [0, 0.1) is 5.92 Å². The maximum Gasteiger partial charge on any atom is 0.255 e. The number of anilines is 1. The summed E-state index contributed by atoms with van der Waals surface area (Å²) in [5, 5.41) is 3.17. The van der Waals surface area contributed by atoms with E-state index in [1.54, 1.807) is 0 Å². The van der Waals surface area contributed by atoms with Gasteiger partial charge in [-0.2, -0.15) is 0 Å². The van der Waals surface area contributed by atoms with Gasteiger partial charge in [0.15, 0.2) is 0 Å². The van der Waals surface area contributed by atoms with Crippen LogP contribution >= 0.6 is 0 Å². The number of hydrogen-bond acceptors (Lipinski definition) is 3. The van der Waals surface area contributed by atoms with Crippen LogP contribution in [-0.2, 0) is 12.8 Å². The summed E-state index contributed by atoms with van der Waals surface area (Å²) in [5.41, 5.74) is 1.92. The highest BCUT2D eigenvalue weighted by atomic mass is 16.1. The Bertz CT molecular complexity index is 423. The molecule has 1 aliphatic rings. The predicted octanol–water partition coefficient (Wildman–Crippen LogP) is 1.72. The van der Waals surface area contributed by atoms with Gasteiger partial charge in [0.05, 0.1) is 5.69 Å². The fourth-order valence-corrected chi connectivity index (χ4v) is 1.99. The Morgan fingerprint density at radius 1 is 1.38 bits per heavy atom. The summed E-state index contributed by atoms with van der Waals surface area (Å²) >= 11 is 0. The van der Waals surface area contributed by atoms with Crippen LogP contribution in [0.1, 0.15) is 37.9 Å². The zero-order valence-electron chi connectivity index (χ0n) is 9.97. The zero-order chi connectivity index (χ0) is 11.5. The van der Waals surface area contributed by atoms with Crippen LogP contribution < -0.4 is 10.9 Å². The number of rotatable bonds is 3. The van der Waals surface area contributed by atoms with Crippen LogP contribution in [0.3, 0.4) is 0 Å². The molecule has 0 aromatic carbocycles. The summed E-state index contributed by atoms with van der Waals surface area (Å²) in [4.78, 5) is 19.1. The second-order valence-corrected chi connectivity index (χ2v) is 4.82. The third-order valence-corrected chi connectivity index (χ3v) is 2.87. The zero-order valence-corrected chi connectivity index (χ0v) is 9.97. The molecular weight excluding hydrogens is 202 g/mol. The number of aromatic amines is 1. The monoisotopic (exact) mass is 221 g/mol. The Labute approximate surface area is 95.5 Å². The quantitative estimate of drug-likeness (QED) is 0.817. The highest BCUT2D eigenvalue weighted by Gasteiger charge is 2.15. The second kappa shape index (κ2) is 4.68.